The zero-order valence-corrected chi connectivity index (χ0v) is 16.6. The van der Waals surface area contributed by atoms with Crippen molar-refractivity contribution >= 4 is 17.5 Å². The number of nitrogens with zero attached hydrogens (tertiary/aromatic N) is 2. The molecule has 2 aromatic carbocycles. The minimum Gasteiger partial charge on any atom is -0.495 e. The van der Waals surface area contributed by atoms with Crippen LogP contribution >= 0.6 is 0 Å². The number of ether oxygens (including phenoxy) is 3. The van der Waals surface area contributed by atoms with E-state index in [2.05, 4.69) is 0 Å². The van der Waals surface area contributed by atoms with Gasteiger partial charge in [-0.25, -0.2) is 0 Å². The largest absolute Gasteiger partial charge is 0.495 e. The number of carbonyl (C=O) groups excluding carboxylic acids is 2. The molecule has 0 aliphatic carbocycles. The Morgan fingerprint density at radius 2 is 2.00 bits per heavy atom. The maximum absolute atomic E-state index is 13.2. The van der Waals surface area contributed by atoms with Crippen molar-refractivity contribution in [2.24, 2.45) is 5.92 Å². The normalized spacial score (nSPS) is 17.5. The molecule has 2 aliphatic heterocycles. The van der Waals surface area contributed by atoms with Gasteiger partial charge in [-0.3, -0.25) is 9.59 Å². The zero-order valence-electron chi connectivity index (χ0n) is 16.6. The summed E-state index contributed by atoms with van der Waals surface area (Å²) in [6.45, 7) is 3.55. The van der Waals surface area contributed by atoms with Gasteiger partial charge in [0.15, 0.2) is 11.5 Å². The lowest BCUT2D eigenvalue weighted by molar-refractivity contribution is -0.136. The van der Waals surface area contributed by atoms with Crippen LogP contribution in [0.25, 0.3) is 0 Å². The summed E-state index contributed by atoms with van der Waals surface area (Å²) in [5, 5.41) is 0. The second kappa shape index (κ2) is 8.03. The van der Waals surface area contributed by atoms with Gasteiger partial charge in [0.2, 0.25) is 18.6 Å². The standard InChI is InChI=1S/C22H24N2O5/c1-3-23(12-15-8-9-19-20(10-15)29-14-28-19)22(26)16-11-21(25)24(13-16)17-6-4-5-7-18(17)27-2/h4-10,16H,3,11-14H2,1-2H3. The highest BCUT2D eigenvalue weighted by Crippen LogP contribution is 2.35. The predicted octanol–water partition coefficient (Wildman–Crippen LogP) is 2.83. The third-order valence-electron chi connectivity index (χ3n) is 5.35. The summed E-state index contributed by atoms with van der Waals surface area (Å²) in [4.78, 5) is 29.2. The van der Waals surface area contributed by atoms with E-state index in [-0.39, 0.29) is 30.9 Å². The number of carbonyl (C=O) groups is 2. The monoisotopic (exact) mass is 396 g/mol. The molecule has 2 aliphatic rings. The van der Waals surface area contributed by atoms with Crippen LogP contribution in [0.4, 0.5) is 5.69 Å². The molecule has 4 rings (SSSR count). The first-order chi connectivity index (χ1) is 14.1. The topological polar surface area (TPSA) is 68.3 Å². The molecule has 0 bridgehead atoms. The van der Waals surface area contributed by atoms with Crippen LogP contribution in [0, 0.1) is 5.92 Å². The molecule has 1 saturated heterocycles. The zero-order chi connectivity index (χ0) is 20.4. The van der Waals surface area contributed by atoms with Gasteiger partial charge in [0, 0.05) is 26.1 Å². The molecule has 0 aromatic heterocycles. The van der Waals surface area contributed by atoms with Crippen molar-refractivity contribution in [1.29, 1.82) is 0 Å². The van der Waals surface area contributed by atoms with Gasteiger partial charge in [-0.05, 0) is 36.8 Å². The van der Waals surface area contributed by atoms with Gasteiger partial charge in [-0.15, -0.1) is 0 Å². The van der Waals surface area contributed by atoms with Gasteiger partial charge >= 0.3 is 0 Å². The maximum atomic E-state index is 13.2. The summed E-state index contributed by atoms with van der Waals surface area (Å²) >= 11 is 0. The third kappa shape index (κ3) is 3.72. The summed E-state index contributed by atoms with van der Waals surface area (Å²) in [6.07, 6.45) is 0.203. The Bertz CT molecular complexity index is 929. The van der Waals surface area contributed by atoms with E-state index in [0.29, 0.717) is 36.8 Å². The Morgan fingerprint density at radius 3 is 2.79 bits per heavy atom. The van der Waals surface area contributed by atoms with Gasteiger partial charge in [0.05, 0.1) is 18.7 Å². The second-order valence-corrected chi connectivity index (χ2v) is 7.12. The molecular formula is C22H24N2O5. The molecule has 2 amide bonds. The van der Waals surface area contributed by atoms with E-state index in [0.717, 1.165) is 11.3 Å². The lowest BCUT2D eigenvalue weighted by atomic mass is 10.1. The molecular weight excluding hydrogens is 372 g/mol. The summed E-state index contributed by atoms with van der Waals surface area (Å²) in [7, 11) is 1.58. The van der Waals surface area contributed by atoms with Crippen LogP contribution in [0.15, 0.2) is 42.5 Å². The molecule has 0 saturated carbocycles. The molecule has 2 aromatic rings. The van der Waals surface area contributed by atoms with Crippen molar-refractivity contribution in [2.75, 3.05) is 31.9 Å². The van der Waals surface area contributed by atoms with E-state index < -0.39 is 0 Å². The molecule has 0 radical (unpaired) electrons. The lowest BCUT2D eigenvalue weighted by Gasteiger charge is -2.25. The van der Waals surface area contributed by atoms with Crippen molar-refractivity contribution in [2.45, 2.75) is 19.9 Å². The van der Waals surface area contributed by atoms with E-state index >= 15 is 0 Å². The third-order valence-corrected chi connectivity index (χ3v) is 5.35. The average molecular weight is 396 g/mol. The number of fused-ring (bicyclic) bond motifs is 1. The van der Waals surface area contributed by atoms with E-state index in [1.165, 1.54) is 0 Å². The Balaban J connectivity index is 1.47. The molecule has 152 valence electrons. The Labute approximate surface area is 169 Å². The number of anilines is 1. The molecule has 0 spiro atoms. The van der Waals surface area contributed by atoms with Crippen LogP contribution < -0.4 is 19.1 Å². The van der Waals surface area contributed by atoms with Gasteiger partial charge in [0.25, 0.3) is 0 Å². The Hall–Kier alpha value is -3.22. The number of hydrogen-bond acceptors (Lipinski definition) is 5. The van der Waals surface area contributed by atoms with E-state index in [1.54, 1.807) is 16.9 Å². The first-order valence-electron chi connectivity index (χ1n) is 9.71. The van der Waals surface area contributed by atoms with Crippen molar-refractivity contribution in [3.05, 3.63) is 48.0 Å². The SMILES string of the molecule is CCN(Cc1ccc2c(c1)OCO2)C(=O)C1CC(=O)N(c2ccccc2OC)C1. The molecule has 1 atom stereocenters. The molecule has 29 heavy (non-hydrogen) atoms. The number of amides is 2. The molecule has 2 heterocycles. The average Bonchev–Trinajstić information content (AvgIpc) is 3.37. The van der Waals surface area contributed by atoms with Gasteiger partial charge in [0.1, 0.15) is 5.75 Å². The Kier molecular flexibility index (Phi) is 5.29. The van der Waals surface area contributed by atoms with Crippen LogP contribution in [0.3, 0.4) is 0 Å². The fraction of sp³-hybridized carbons (Fsp3) is 0.364. The highest BCUT2D eigenvalue weighted by Gasteiger charge is 2.38. The van der Waals surface area contributed by atoms with Crippen LogP contribution in [-0.4, -0.2) is 43.7 Å². The van der Waals surface area contributed by atoms with Crippen LogP contribution in [0.2, 0.25) is 0 Å². The number of hydrogen-bond donors (Lipinski definition) is 0. The van der Waals surface area contributed by atoms with Crippen LogP contribution in [-0.2, 0) is 16.1 Å². The number of methoxy groups -OCH3 is 1. The van der Waals surface area contributed by atoms with Crippen LogP contribution in [0.1, 0.15) is 18.9 Å². The molecule has 7 heteroatoms. The van der Waals surface area contributed by atoms with Gasteiger partial charge in [-0.2, -0.15) is 0 Å². The Morgan fingerprint density at radius 1 is 1.21 bits per heavy atom. The molecule has 1 fully saturated rings. The van der Waals surface area contributed by atoms with Crippen molar-refractivity contribution < 1.29 is 23.8 Å². The van der Waals surface area contributed by atoms with Crippen molar-refractivity contribution in [3.63, 3.8) is 0 Å². The fourth-order valence-electron chi connectivity index (χ4n) is 3.82. The number of para-hydroxylation sites is 2. The smallest absolute Gasteiger partial charge is 0.231 e. The summed E-state index contributed by atoms with van der Waals surface area (Å²) in [5.74, 6) is 1.59. The first kappa shape index (κ1) is 19.1. The minimum absolute atomic E-state index is 0.0177. The quantitative estimate of drug-likeness (QED) is 0.751. The highest BCUT2D eigenvalue weighted by atomic mass is 16.7. The lowest BCUT2D eigenvalue weighted by Crippen LogP contribution is -2.37. The number of rotatable bonds is 6. The summed E-state index contributed by atoms with van der Waals surface area (Å²) in [6, 6.07) is 13.1. The fourth-order valence-corrected chi connectivity index (χ4v) is 3.82. The summed E-state index contributed by atoms with van der Waals surface area (Å²) < 4.78 is 16.1. The van der Waals surface area contributed by atoms with Crippen molar-refractivity contribution in [3.8, 4) is 17.2 Å². The van der Waals surface area contributed by atoms with Crippen LogP contribution in [0.5, 0.6) is 17.2 Å². The maximum Gasteiger partial charge on any atom is 0.231 e. The van der Waals surface area contributed by atoms with E-state index in [1.807, 2.05) is 49.4 Å². The van der Waals surface area contributed by atoms with Crippen molar-refractivity contribution in [1.82, 2.24) is 4.90 Å². The second-order valence-electron chi connectivity index (χ2n) is 7.12. The van der Waals surface area contributed by atoms with E-state index in [9.17, 15) is 9.59 Å². The van der Waals surface area contributed by atoms with Gasteiger partial charge < -0.3 is 24.0 Å². The molecule has 7 nitrogen and oxygen atoms in total. The minimum atomic E-state index is -0.374. The van der Waals surface area contributed by atoms with E-state index in [4.69, 9.17) is 14.2 Å². The summed E-state index contributed by atoms with van der Waals surface area (Å²) in [5.41, 5.74) is 1.67. The first-order valence-corrected chi connectivity index (χ1v) is 9.71. The predicted molar refractivity (Wildman–Crippen MR) is 107 cm³/mol. The molecule has 1 unspecified atom stereocenters. The number of benzene rings is 2. The van der Waals surface area contributed by atoms with Gasteiger partial charge in [-0.1, -0.05) is 18.2 Å². The highest BCUT2D eigenvalue weighted by molar-refractivity contribution is 6.01. The molecule has 0 N–H and O–H groups in total.